The van der Waals surface area contributed by atoms with Gasteiger partial charge in [-0.15, -0.1) is 0 Å². The van der Waals surface area contributed by atoms with Gasteiger partial charge < -0.3 is 0 Å². The zero-order valence-corrected chi connectivity index (χ0v) is 11.6. The zero-order valence-electron chi connectivity index (χ0n) is 8.64. The normalized spacial score (nSPS) is 11.7. The van der Waals surface area contributed by atoms with E-state index >= 15 is 0 Å². The van der Waals surface area contributed by atoms with Gasteiger partial charge in [-0.1, -0.05) is 0 Å². The van der Waals surface area contributed by atoms with E-state index in [0.29, 0.717) is 5.41 Å². The Balaban J connectivity index is 3.77. The Kier molecular flexibility index (Phi) is 6.31. The molecule has 0 amide bonds. The predicted molar refractivity (Wildman–Crippen MR) is 49.9 cm³/mol. The number of hydrogen-bond acceptors (Lipinski definition) is 1. The second-order valence-corrected chi connectivity index (χ2v) is 5.66. The second-order valence-electron chi connectivity index (χ2n) is 4.02. The van der Waals surface area contributed by atoms with Crippen molar-refractivity contribution in [2.24, 2.45) is 5.41 Å². The van der Waals surface area contributed by atoms with Crippen molar-refractivity contribution >= 4 is 4.08 Å². The average Bonchev–Trinajstić information content (AvgIpc) is 2.00. The third kappa shape index (κ3) is 6.08. The Morgan fingerprint density at radius 1 is 1.42 bits per heavy atom. The van der Waals surface area contributed by atoms with Crippen LogP contribution in [0.3, 0.4) is 0 Å². The van der Waals surface area contributed by atoms with Gasteiger partial charge >= 0.3 is 87.2 Å². The van der Waals surface area contributed by atoms with E-state index in [2.05, 4.69) is 20.8 Å². The van der Waals surface area contributed by atoms with Crippen molar-refractivity contribution in [3.8, 4) is 0 Å². The summed E-state index contributed by atoms with van der Waals surface area (Å²) in [5.41, 5.74) is 0.434. The summed E-state index contributed by atoms with van der Waals surface area (Å²) in [5, 5.41) is 0. The van der Waals surface area contributed by atoms with Crippen LogP contribution in [0, 0.1) is 5.41 Å². The van der Waals surface area contributed by atoms with Gasteiger partial charge in [0.15, 0.2) is 0 Å². The summed E-state index contributed by atoms with van der Waals surface area (Å²) >= 11 is 1.47. The summed E-state index contributed by atoms with van der Waals surface area (Å²) in [6.45, 7) is 6.89. The second kappa shape index (κ2) is 6.05. The Hall–Kier alpha value is 0.518. The van der Waals surface area contributed by atoms with Crippen LogP contribution >= 0.6 is 0 Å². The van der Waals surface area contributed by atoms with Crippen LogP contribution in [0.15, 0.2) is 0 Å². The molecule has 0 spiro atoms. The van der Waals surface area contributed by atoms with Crippen molar-refractivity contribution in [3.63, 3.8) is 0 Å². The quantitative estimate of drug-likeness (QED) is 0.723. The Labute approximate surface area is 87.3 Å². The van der Waals surface area contributed by atoms with Crippen LogP contribution in [-0.4, -0.2) is 11.2 Å². The fourth-order valence-corrected chi connectivity index (χ4v) is 2.61. The van der Waals surface area contributed by atoms with Gasteiger partial charge in [0.2, 0.25) is 0 Å². The third-order valence-electron chi connectivity index (χ3n) is 2.06. The summed E-state index contributed by atoms with van der Waals surface area (Å²) in [5.74, 6) is 0. The number of rotatable bonds is 6. The molecule has 0 aliphatic rings. The van der Waals surface area contributed by atoms with Crippen molar-refractivity contribution in [3.05, 3.63) is 0 Å². The molecular weight excluding hydrogens is 320 g/mol. The minimum atomic E-state index is 0.434. The predicted octanol–water partition coefficient (Wildman–Crippen LogP) is 2.92. The number of ether oxygens (including phenoxy) is 1. The molecular formula is C10H20OW. The van der Waals surface area contributed by atoms with E-state index in [1.807, 2.05) is 0 Å². The Bertz CT molecular complexity index is 141. The van der Waals surface area contributed by atoms with Gasteiger partial charge in [-0.3, -0.25) is 0 Å². The van der Waals surface area contributed by atoms with Crippen LogP contribution in [0.4, 0.5) is 0 Å². The molecule has 1 nitrogen and oxygen atoms in total. The van der Waals surface area contributed by atoms with Crippen LogP contribution in [-0.2, 0) is 24.1 Å². The molecule has 72 valence electrons. The van der Waals surface area contributed by atoms with Gasteiger partial charge in [0.05, 0.1) is 0 Å². The van der Waals surface area contributed by atoms with E-state index in [9.17, 15) is 0 Å². The average molecular weight is 340 g/mol. The molecule has 0 aromatic heterocycles. The Morgan fingerprint density at radius 2 is 2.00 bits per heavy atom. The van der Waals surface area contributed by atoms with Crippen molar-refractivity contribution in [1.82, 2.24) is 0 Å². The van der Waals surface area contributed by atoms with Gasteiger partial charge in [0, 0.05) is 0 Å². The molecule has 0 N–H and O–H groups in total. The molecule has 2 heteroatoms. The molecule has 0 radical (unpaired) electrons. The SMILES string of the molecule is CCCCC(C)(C)C[C](=[W])OC. The van der Waals surface area contributed by atoms with E-state index in [4.69, 9.17) is 4.74 Å². The van der Waals surface area contributed by atoms with Crippen LogP contribution in [0.5, 0.6) is 0 Å². The summed E-state index contributed by atoms with van der Waals surface area (Å²) in [7, 11) is 1.78. The third-order valence-corrected chi connectivity index (χ3v) is 3.18. The molecule has 0 aliphatic carbocycles. The van der Waals surface area contributed by atoms with Crippen LogP contribution in [0.1, 0.15) is 46.5 Å². The first-order chi connectivity index (χ1) is 5.52. The summed E-state index contributed by atoms with van der Waals surface area (Å²) in [4.78, 5) is 0. The maximum absolute atomic E-state index is 5.22. The molecule has 0 atom stereocenters. The first-order valence-electron chi connectivity index (χ1n) is 4.58. The molecule has 0 aromatic rings. The number of unbranched alkanes of at least 4 members (excludes halogenated alkanes) is 1. The molecule has 0 aromatic carbocycles. The maximum atomic E-state index is 5.22. The van der Waals surface area contributed by atoms with Crippen molar-refractivity contribution in [2.75, 3.05) is 7.11 Å². The fraction of sp³-hybridized carbons (Fsp3) is 0.900. The molecule has 0 bridgehead atoms. The Morgan fingerprint density at radius 3 is 2.42 bits per heavy atom. The summed E-state index contributed by atoms with van der Waals surface area (Å²) in [6, 6.07) is 0. The molecule has 0 aliphatic heterocycles. The van der Waals surface area contributed by atoms with Crippen molar-refractivity contribution in [1.29, 1.82) is 0 Å². The first kappa shape index (κ1) is 12.5. The van der Waals surface area contributed by atoms with E-state index < -0.39 is 0 Å². The van der Waals surface area contributed by atoms with Gasteiger partial charge in [-0.2, -0.15) is 0 Å². The van der Waals surface area contributed by atoms with Crippen LogP contribution in [0.25, 0.3) is 0 Å². The van der Waals surface area contributed by atoms with Crippen LogP contribution in [0.2, 0.25) is 0 Å². The van der Waals surface area contributed by atoms with Gasteiger partial charge in [-0.05, 0) is 0 Å². The first-order valence-corrected chi connectivity index (χ1v) is 6.05. The molecule has 0 fully saturated rings. The van der Waals surface area contributed by atoms with Crippen molar-refractivity contribution < 1.29 is 24.1 Å². The molecule has 0 unspecified atom stereocenters. The molecule has 0 saturated carbocycles. The fourth-order valence-electron chi connectivity index (χ4n) is 1.21. The van der Waals surface area contributed by atoms with Gasteiger partial charge in [0.1, 0.15) is 0 Å². The van der Waals surface area contributed by atoms with Crippen LogP contribution < -0.4 is 0 Å². The molecule has 0 heterocycles. The zero-order chi connectivity index (χ0) is 9.61. The molecule has 12 heavy (non-hydrogen) atoms. The molecule has 0 rings (SSSR count). The van der Waals surface area contributed by atoms with E-state index in [0.717, 1.165) is 6.42 Å². The summed E-state index contributed by atoms with van der Waals surface area (Å²) < 4.78 is 6.45. The standard InChI is InChI=1S/C10H20O.W/c1-5-6-7-10(2,3)8-9-11-4;/h5-8H2,1-4H3;. The molecule has 0 saturated heterocycles. The summed E-state index contributed by atoms with van der Waals surface area (Å²) in [6.07, 6.45) is 5.06. The monoisotopic (exact) mass is 340 g/mol. The number of hydrogen-bond donors (Lipinski definition) is 0. The van der Waals surface area contributed by atoms with E-state index in [1.54, 1.807) is 7.11 Å². The minimum absolute atomic E-state index is 0.434. The topological polar surface area (TPSA) is 9.23 Å². The van der Waals surface area contributed by atoms with Crippen molar-refractivity contribution in [2.45, 2.75) is 46.5 Å². The van der Waals surface area contributed by atoms with Gasteiger partial charge in [0.25, 0.3) is 0 Å². The van der Waals surface area contributed by atoms with Gasteiger partial charge in [-0.25, -0.2) is 0 Å². The van der Waals surface area contributed by atoms with E-state index in [1.165, 1.54) is 42.7 Å². The van der Waals surface area contributed by atoms with E-state index in [-0.39, 0.29) is 0 Å². The number of methoxy groups -OCH3 is 1.